The lowest BCUT2D eigenvalue weighted by molar-refractivity contribution is 0.00683. The molecule has 0 aliphatic carbocycles. The highest BCUT2D eigenvalue weighted by atomic mass is 16.5. The molecule has 0 aromatic carbocycles. The van der Waals surface area contributed by atoms with Crippen LogP contribution in [0.3, 0.4) is 0 Å². The molecule has 0 unspecified atom stereocenters. The first-order valence-electron chi connectivity index (χ1n) is 11.1. The molecule has 0 saturated carbocycles. The van der Waals surface area contributed by atoms with Crippen LogP contribution in [-0.2, 0) is 0 Å². The molecular weight excluding hydrogens is 404 g/mol. The first kappa shape index (κ1) is 20.9. The average Bonchev–Trinajstić information content (AvgIpc) is 3.32. The molecule has 0 amide bonds. The topological polar surface area (TPSA) is 91.6 Å². The number of nitrogens with zero attached hydrogens (tertiary/aromatic N) is 5. The summed E-state index contributed by atoms with van der Waals surface area (Å²) in [5.41, 5.74) is 6.39. The molecule has 5 rings (SSSR count). The molecule has 0 spiro atoms. The number of nitrogens with one attached hydrogen (secondary N) is 1. The minimum atomic E-state index is -0.672. The van der Waals surface area contributed by atoms with Crippen molar-refractivity contribution in [2.45, 2.75) is 45.1 Å². The van der Waals surface area contributed by atoms with Crippen LogP contribution in [0.2, 0.25) is 0 Å². The van der Waals surface area contributed by atoms with Gasteiger partial charge in [-0.2, -0.15) is 5.10 Å². The van der Waals surface area contributed by atoms with Gasteiger partial charge in [0.2, 0.25) is 0 Å². The van der Waals surface area contributed by atoms with Crippen molar-refractivity contribution in [1.82, 2.24) is 29.5 Å². The Labute approximate surface area is 187 Å². The van der Waals surface area contributed by atoms with Gasteiger partial charge in [-0.15, -0.1) is 0 Å². The van der Waals surface area contributed by atoms with E-state index in [0.717, 1.165) is 41.1 Å². The number of H-pyrrole nitrogens is 1. The second-order valence-corrected chi connectivity index (χ2v) is 9.73. The van der Waals surface area contributed by atoms with E-state index in [9.17, 15) is 5.11 Å². The van der Waals surface area contributed by atoms with Crippen molar-refractivity contribution < 1.29 is 9.84 Å². The third-order valence-electron chi connectivity index (χ3n) is 6.11. The van der Waals surface area contributed by atoms with E-state index in [1.807, 2.05) is 26.1 Å². The lowest BCUT2D eigenvalue weighted by Gasteiger charge is -2.41. The van der Waals surface area contributed by atoms with Gasteiger partial charge in [0.25, 0.3) is 0 Å². The Balaban J connectivity index is 1.54. The smallest absolute Gasteiger partial charge is 0.197 e. The van der Waals surface area contributed by atoms with E-state index in [4.69, 9.17) is 9.72 Å². The number of ether oxygens (including phenoxy) is 1. The molecule has 5 heterocycles. The van der Waals surface area contributed by atoms with E-state index in [1.165, 1.54) is 11.9 Å². The largest absolute Gasteiger partial charge is 0.493 e. The van der Waals surface area contributed by atoms with E-state index in [2.05, 4.69) is 45.9 Å². The summed E-state index contributed by atoms with van der Waals surface area (Å²) in [7, 11) is 1.65. The summed E-state index contributed by atoms with van der Waals surface area (Å²) in [6, 6.07) is 6.26. The van der Waals surface area contributed by atoms with Gasteiger partial charge in [0.15, 0.2) is 11.4 Å². The van der Waals surface area contributed by atoms with Gasteiger partial charge in [0, 0.05) is 48.6 Å². The van der Waals surface area contributed by atoms with E-state index in [1.54, 1.807) is 11.6 Å². The first-order valence-corrected chi connectivity index (χ1v) is 11.1. The predicted octanol–water partition coefficient (Wildman–Crippen LogP) is 3.57. The van der Waals surface area contributed by atoms with Gasteiger partial charge in [0.1, 0.15) is 6.33 Å². The zero-order valence-corrected chi connectivity index (χ0v) is 19.3. The molecule has 0 bridgehead atoms. The quantitative estimate of drug-likeness (QED) is 0.482. The number of fused-ring (bicyclic) bond motifs is 2. The fraction of sp³-hybridized carbons (Fsp3) is 0.458. The van der Waals surface area contributed by atoms with Gasteiger partial charge in [-0.1, -0.05) is 13.8 Å². The summed E-state index contributed by atoms with van der Waals surface area (Å²) in [6.07, 6.45) is 3.51. The van der Waals surface area contributed by atoms with Crippen molar-refractivity contribution in [1.29, 1.82) is 0 Å². The number of pyridine rings is 2. The number of aromatic amines is 1. The third-order valence-corrected chi connectivity index (χ3v) is 6.11. The Kier molecular flexibility index (Phi) is 4.94. The number of likely N-dealkylation sites (tertiary alicyclic amines) is 1. The Morgan fingerprint density at radius 3 is 2.75 bits per heavy atom. The number of aliphatic hydroxyl groups is 1. The van der Waals surface area contributed by atoms with Gasteiger partial charge in [0.05, 0.1) is 29.4 Å². The van der Waals surface area contributed by atoms with Gasteiger partial charge < -0.3 is 14.8 Å². The van der Waals surface area contributed by atoms with E-state index in [-0.39, 0.29) is 5.92 Å². The van der Waals surface area contributed by atoms with Gasteiger partial charge in [-0.25, -0.2) is 9.50 Å². The number of rotatable bonds is 6. The van der Waals surface area contributed by atoms with Gasteiger partial charge in [-0.05, 0) is 38.0 Å². The van der Waals surface area contributed by atoms with Crippen LogP contribution in [0.25, 0.3) is 27.9 Å². The number of hydrogen-bond acceptors (Lipinski definition) is 6. The van der Waals surface area contributed by atoms with E-state index >= 15 is 0 Å². The molecule has 1 aliphatic rings. The molecule has 1 saturated heterocycles. The Morgan fingerprint density at radius 1 is 1.28 bits per heavy atom. The van der Waals surface area contributed by atoms with Crippen LogP contribution in [0.5, 0.6) is 5.75 Å². The molecule has 8 heteroatoms. The lowest BCUT2D eigenvalue weighted by atomic mass is 9.93. The van der Waals surface area contributed by atoms with Crippen molar-refractivity contribution in [2.24, 2.45) is 0 Å². The molecule has 4 aromatic rings. The number of hydrogen-bond donors (Lipinski definition) is 2. The van der Waals surface area contributed by atoms with Crippen molar-refractivity contribution in [3.8, 4) is 17.0 Å². The monoisotopic (exact) mass is 434 g/mol. The molecule has 1 fully saturated rings. The normalized spacial score (nSPS) is 15.7. The summed E-state index contributed by atoms with van der Waals surface area (Å²) in [5, 5.41) is 14.4. The summed E-state index contributed by atoms with van der Waals surface area (Å²) in [6.45, 7) is 10.6. The highest BCUT2D eigenvalue weighted by Gasteiger charge is 2.32. The fourth-order valence-electron chi connectivity index (χ4n) is 4.73. The number of aromatic nitrogens is 5. The highest BCUT2D eigenvalue weighted by Crippen LogP contribution is 2.37. The first-order chi connectivity index (χ1) is 15.2. The minimum Gasteiger partial charge on any atom is -0.493 e. The minimum absolute atomic E-state index is 0.284. The molecule has 4 aromatic heterocycles. The second-order valence-electron chi connectivity index (χ2n) is 9.73. The maximum Gasteiger partial charge on any atom is 0.197 e. The zero-order chi connectivity index (χ0) is 22.6. The third kappa shape index (κ3) is 3.63. The molecule has 0 radical (unpaired) electrons. The summed E-state index contributed by atoms with van der Waals surface area (Å²) < 4.78 is 7.31. The van der Waals surface area contributed by atoms with Gasteiger partial charge >= 0.3 is 0 Å². The average molecular weight is 435 g/mol. The van der Waals surface area contributed by atoms with E-state index < -0.39 is 5.60 Å². The summed E-state index contributed by atoms with van der Waals surface area (Å²) in [4.78, 5) is 15.3. The summed E-state index contributed by atoms with van der Waals surface area (Å²) in [5.74, 6) is 1.36. The van der Waals surface area contributed by atoms with Crippen LogP contribution in [0.4, 0.5) is 0 Å². The fourth-order valence-corrected chi connectivity index (χ4v) is 4.73. The van der Waals surface area contributed by atoms with Crippen LogP contribution in [-0.4, -0.2) is 66.9 Å². The number of β-amino-alcohol motifs (C(OH)–C–C–N with tert-alkyl or cyclic N) is 1. The molecule has 32 heavy (non-hydrogen) atoms. The van der Waals surface area contributed by atoms with Crippen molar-refractivity contribution in [2.75, 3.05) is 26.7 Å². The maximum absolute atomic E-state index is 10.1. The van der Waals surface area contributed by atoms with Crippen molar-refractivity contribution in [3.05, 3.63) is 42.0 Å². The molecule has 168 valence electrons. The summed E-state index contributed by atoms with van der Waals surface area (Å²) >= 11 is 0. The molecule has 1 aliphatic heterocycles. The zero-order valence-electron chi connectivity index (χ0n) is 19.3. The van der Waals surface area contributed by atoms with Gasteiger partial charge in [-0.3, -0.25) is 9.88 Å². The van der Waals surface area contributed by atoms with E-state index in [0.29, 0.717) is 23.9 Å². The van der Waals surface area contributed by atoms with Crippen LogP contribution in [0.1, 0.15) is 50.8 Å². The SMILES string of the molecule is COc1cc(-c2[nH]c3ccc(C4CN(CC(C)(C)O)C4)nc3c2C(C)C)cn2ncnc12. The van der Waals surface area contributed by atoms with Crippen LogP contribution in [0.15, 0.2) is 30.7 Å². The maximum atomic E-state index is 10.1. The molecule has 2 N–H and O–H groups in total. The second kappa shape index (κ2) is 7.56. The Hall–Kier alpha value is -2.97. The standard InChI is InChI=1S/C24H30N6O2/c1-14(2)20-21(15-8-19(32-5)23-25-13-26-30(23)11-15)28-18-7-6-17(27-22(18)20)16-9-29(10-16)12-24(3,4)31/h6-8,11,13-14,16,28,31H,9-10,12H2,1-5H3. The molecular formula is C24H30N6O2. The van der Waals surface area contributed by atoms with Crippen molar-refractivity contribution in [3.63, 3.8) is 0 Å². The van der Waals surface area contributed by atoms with Crippen LogP contribution in [0, 0.1) is 0 Å². The van der Waals surface area contributed by atoms with Crippen LogP contribution < -0.4 is 4.74 Å². The lowest BCUT2D eigenvalue weighted by Crippen LogP contribution is -2.50. The molecule has 0 atom stereocenters. The molecule has 8 nitrogen and oxygen atoms in total. The number of methoxy groups -OCH3 is 1. The Morgan fingerprint density at radius 2 is 2.06 bits per heavy atom. The van der Waals surface area contributed by atoms with Crippen LogP contribution >= 0.6 is 0 Å². The Bertz CT molecular complexity index is 1280. The highest BCUT2D eigenvalue weighted by molar-refractivity contribution is 5.89. The predicted molar refractivity (Wildman–Crippen MR) is 124 cm³/mol. The van der Waals surface area contributed by atoms with Crippen molar-refractivity contribution >= 4 is 16.7 Å².